The Bertz CT molecular complexity index is 551. The van der Waals surface area contributed by atoms with Crippen LogP contribution in [0.5, 0.6) is 0 Å². The highest BCUT2D eigenvalue weighted by molar-refractivity contribution is 9.10. The van der Waals surface area contributed by atoms with Gasteiger partial charge in [0.25, 0.3) is 0 Å². The lowest BCUT2D eigenvalue weighted by Gasteiger charge is -2.16. The van der Waals surface area contributed by atoms with Crippen LogP contribution in [0.3, 0.4) is 0 Å². The van der Waals surface area contributed by atoms with Gasteiger partial charge in [-0.1, -0.05) is 40.2 Å². The Kier molecular flexibility index (Phi) is 6.04. The molecule has 2 rings (SSSR count). The first-order valence-corrected chi connectivity index (χ1v) is 8.05. The average Bonchev–Trinajstić information content (AvgIpc) is 2.46. The predicted octanol–water partition coefficient (Wildman–Crippen LogP) is 3.75. The van der Waals surface area contributed by atoms with E-state index in [9.17, 15) is 4.39 Å². The predicted molar refractivity (Wildman–Crippen MR) is 86.1 cm³/mol. The van der Waals surface area contributed by atoms with Crippen LogP contribution in [0.25, 0.3) is 0 Å². The second kappa shape index (κ2) is 7.78. The molecule has 0 amide bonds. The van der Waals surface area contributed by atoms with Crippen molar-refractivity contribution in [3.05, 3.63) is 64.4 Å². The molecule has 106 valence electrons. The summed E-state index contributed by atoms with van der Waals surface area (Å²) in [6.07, 6.45) is 0.747. The first-order valence-electron chi connectivity index (χ1n) is 6.27. The summed E-state index contributed by atoms with van der Waals surface area (Å²) in [5, 5.41) is 0. The van der Waals surface area contributed by atoms with E-state index in [4.69, 9.17) is 5.84 Å². The number of hydrogen-bond acceptors (Lipinski definition) is 3. The highest BCUT2D eigenvalue weighted by Gasteiger charge is 2.11. The van der Waals surface area contributed by atoms with E-state index in [1.165, 1.54) is 17.0 Å². The van der Waals surface area contributed by atoms with Crippen LogP contribution in [0.15, 0.2) is 57.9 Å². The minimum Gasteiger partial charge on any atom is -0.271 e. The van der Waals surface area contributed by atoms with Gasteiger partial charge >= 0.3 is 0 Å². The highest BCUT2D eigenvalue weighted by atomic mass is 79.9. The molecule has 0 aliphatic heterocycles. The van der Waals surface area contributed by atoms with E-state index in [1.807, 2.05) is 18.2 Å². The van der Waals surface area contributed by atoms with Crippen LogP contribution in [-0.4, -0.2) is 11.8 Å². The van der Waals surface area contributed by atoms with Gasteiger partial charge in [0.15, 0.2) is 0 Å². The van der Waals surface area contributed by atoms with E-state index in [1.54, 1.807) is 17.8 Å². The zero-order chi connectivity index (χ0) is 14.4. The van der Waals surface area contributed by atoms with Crippen molar-refractivity contribution in [2.24, 2.45) is 5.84 Å². The van der Waals surface area contributed by atoms with Crippen molar-refractivity contribution in [1.82, 2.24) is 5.43 Å². The number of hydrazine groups is 1. The Morgan fingerprint density at radius 3 is 2.60 bits per heavy atom. The van der Waals surface area contributed by atoms with Crippen molar-refractivity contribution in [1.29, 1.82) is 0 Å². The number of hydrogen-bond donors (Lipinski definition) is 2. The molecule has 0 saturated heterocycles. The molecule has 0 saturated carbocycles. The van der Waals surface area contributed by atoms with Gasteiger partial charge < -0.3 is 0 Å². The Hall–Kier alpha value is -0.880. The van der Waals surface area contributed by atoms with E-state index in [-0.39, 0.29) is 11.9 Å². The first-order chi connectivity index (χ1) is 9.69. The molecule has 3 N–H and O–H groups in total. The number of halogens is 2. The van der Waals surface area contributed by atoms with Crippen LogP contribution in [-0.2, 0) is 6.42 Å². The molecule has 2 aromatic carbocycles. The Morgan fingerprint density at radius 1 is 1.20 bits per heavy atom. The third-order valence-corrected chi connectivity index (χ3v) is 4.82. The molecular weight excluding hydrogens is 339 g/mol. The van der Waals surface area contributed by atoms with E-state index in [0.717, 1.165) is 22.2 Å². The zero-order valence-corrected chi connectivity index (χ0v) is 13.3. The average molecular weight is 355 g/mol. The number of rotatable bonds is 6. The third-order valence-electron chi connectivity index (χ3n) is 2.91. The minimum absolute atomic E-state index is 0.127. The number of nitrogens with one attached hydrogen (secondary N) is 1. The van der Waals surface area contributed by atoms with Gasteiger partial charge in [-0.25, -0.2) is 4.39 Å². The zero-order valence-electron chi connectivity index (χ0n) is 10.9. The molecule has 5 heteroatoms. The van der Waals surface area contributed by atoms with E-state index < -0.39 is 0 Å². The number of benzene rings is 2. The van der Waals surface area contributed by atoms with Crippen LogP contribution >= 0.6 is 27.7 Å². The summed E-state index contributed by atoms with van der Waals surface area (Å²) in [5.74, 6) is 6.22. The molecule has 0 fully saturated rings. The molecule has 1 unspecified atom stereocenters. The van der Waals surface area contributed by atoms with E-state index in [0.29, 0.717) is 0 Å². The fourth-order valence-corrected chi connectivity index (χ4v) is 3.30. The summed E-state index contributed by atoms with van der Waals surface area (Å²) < 4.78 is 13.8. The minimum atomic E-state index is -0.239. The SMILES string of the molecule is NNC(CSc1ccccc1)Cc1ccc(F)cc1Br. The topological polar surface area (TPSA) is 38.0 Å². The number of thioether (sulfide) groups is 1. The molecule has 0 aliphatic carbocycles. The van der Waals surface area contributed by atoms with Gasteiger partial charge in [0, 0.05) is 21.2 Å². The van der Waals surface area contributed by atoms with Crippen molar-refractivity contribution >= 4 is 27.7 Å². The Morgan fingerprint density at radius 2 is 1.95 bits per heavy atom. The lowest BCUT2D eigenvalue weighted by Crippen LogP contribution is -2.38. The molecule has 0 radical (unpaired) electrons. The van der Waals surface area contributed by atoms with Gasteiger partial charge in [0.1, 0.15) is 5.82 Å². The van der Waals surface area contributed by atoms with E-state index >= 15 is 0 Å². The van der Waals surface area contributed by atoms with Gasteiger partial charge in [-0.2, -0.15) is 0 Å². The molecule has 0 aliphatic rings. The van der Waals surface area contributed by atoms with Crippen LogP contribution in [0.4, 0.5) is 4.39 Å². The highest BCUT2D eigenvalue weighted by Crippen LogP contribution is 2.22. The molecule has 2 nitrogen and oxygen atoms in total. The fourth-order valence-electron chi connectivity index (χ4n) is 1.83. The van der Waals surface area contributed by atoms with Gasteiger partial charge in [0.05, 0.1) is 0 Å². The second-order valence-electron chi connectivity index (χ2n) is 4.43. The largest absolute Gasteiger partial charge is 0.271 e. The molecule has 20 heavy (non-hydrogen) atoms. The standard InChI is InChI=1S/C15H16BrFN2S/c16-15-9-12(17)7-6-11(15)8-13(19-18)10-20-14-4-2-1-3-5-14/h1-7,9,13,19H,8,10,18H2. The maximum absolute atomic E-state index is 13.1. The maximum Gasteiger partial charge on any atom is 0.124 e. The molecule has 2 aromatic rings. The quantitative estimate of drug-likeness (QED) is 0.471. The van der Waals surface area contributed by atoms with Gasteiger partial charge in [-0.3, -0.25) is 11.3 Å². The summed E-state index contributed by atoms with van der Waals surface area (Å²) in [6, 6.07) is 15.0. The van der Waals surface area contributed by atoms with Crippen molar-refractivity contribution in [3.8, 4) is 0 Å². The Balaban J connectivity index is 1.95. The van der Waals surface area contributed by atoms with Crippen LogP contribution in [0.1, 0.15) is 5.56 Å². The molecule has 1 atom stereocenters. The van der Waals surface area contributed by atoms with Crippen LogP contribution in [0.2, 0.25) is 0 Å². The lowest BCUT2D eigenvalue weighted by molar-refractivity contribution is 0.572. The van der Waals surface area contributed by atoms with Gasteiger partial charge in [-0.15, -0.1) is 11.8 Å². The summed E-state index contributed by atoms with van der Waals surface area (Å²) in [6.45, 7) is 0. The van der Waals surface area contributed by atoms with Crippen molar-refractivity contribution in [3.63, 3.8) is 0 Å². The van der Waals surface area contributed by atoms with Crippen LogP contribution < -0.4 is 11.3 Å². The smallest absolute Gasteiger partial charge is 0.124 e. The van der Waals surface area contributed by atoms with E-state index in [2.05, 4.69) is 33.5 Å². The van der Waals surface area contributed by atoms with Crippen molar-refractivity contribution < 1.29 is 4.39 Å². The van der Waals surface area contributed by atoms with Gasteiger partial charge in [0.2, 0.25) is 0 Å². The Labute approximate surface area is 131 Å². The normalized spacial score (nSPS) is 12.3. The first kappa shape index (κ1) is 15.5. The number of nitrogens with two attached hydrogens (primary N) is 1. The molecular formula is C15H16BrFN2S. The molecule has 0 bridgehead atoms. The van der Waals surface area contributed by atoms with Crippen LogP contribution in [0, 0.1) is 5.82 Å². The second-order valence-corrected chi connectivity index (χ2v) is 6.38. The monoisotopic (exact) mass is 354 g/mol. The summed E-state index contributed by atoms with van der Waals surface area (Å²) in [7, 11) is 0. The van der Waals surface area contributed by atoms with Crippen molar-refractivity contribution in [2.45, 2.75) is 17.4 Å². The summed E-state index contributed by atoms with van der Waals surface area (Å²) in [4.78, 5) is 1.21. The maximum atomic E-state index is 13.1. The molecule has 0 heterocycles. The fraction of sp³-hybridized carbons (Fsp3) is 0.200. The lowest BCUT2D eigenvalue weighted by atomic mass is 10.1. The molecule has 0 aromatic heterocycles. The third kappa shape index (κ3) is 4.59. The van der Waals surface area contributed by atoms with Crippen molar-refractivity contribution in [2.75, 3.05) is 5.75 Å². The summed E-state index contributed by atoms with van der Waals surface area (Å²) in [5.41, 5.74) is 3.87. The molecule has 0 spiro atoms. The van der Waals surface area contributed by atoms with Gasteiger partial charge in [-0.05, 0) is 36.2 Å². The summed E-state index contributed by atoms with van der Waals surface area (Å²) >= 11 is 5.13.